The fourth-order valence-corrected chi connectivity index (χ4v) is 1.12. The molecule has 0 aliphatic carbocycles. The molecule has 0 saturated heterocycles. The van der Waals surface area contributed by atoms with Gasteiger partial charge < -0.3 is 10.6 Å². The maximum atomic E-state index is 11.0. The summed E-state index contributed by atoms with van der Waals surface area (Å²) < 4.78 is 0. The first-order chi connectivity index (χ1) is 6.79. The molecule has 1 aliphatic heterocycles. The minimum absolute atomic E-state index is 0.190. The van der Waals surface area contributed by atoms with Crippen molar-refractivity contribution in [3.63, 3.8) is 0 Å². The second-order valence-corrected chi connectivity index (χ2v) is 2.60. The van der Waals surface area contributed by atoms with E-state index in [2.05, 4.69) is 10.6 Å². The molecule has 6 heteroatoms. The molecule has 0 saturated carbocycles. The van der Waals surface area contributed by atoms with Crippen molar-refractivity contribution in [2.24, 2.45) is 5.73 Å². The van der Waals surface area contributed by atoms with Gasteiger partial charge in [0.15, 0.2) is 5.69 Å². The molecular formula is C8H8N4O2. The van der Waals surface area contributed by atoms with Crippen LogP contribution in [0.2, 0.25) is 0 Å². The Morgan fingerprint density at radius 2 is 2.50 bits per heavy atom. The summed E-state index contributed by atoms with van der Waals surface area (Å²) in [4.78, 5) is 19.7. The van der Waals surface area contributed by atoms with E-state index >= 15 is 0 Å². The van der Waals surface area contributed by atoms with Crippen LogP contribution in [0.4, 0.5) is 5.69 Å². The number of carbonyl (C=O) groups is 1. The summed E-state index contributed by atoms with van der Waals surface area (Å²) in [5.41, 5.74) is 8.44. The number of amides is 1. The van der Waals surface area contributed by atoms with Gasteiger partial charge in [0.25, 0.3) is 5.91 Å². The van der Waals surface area contributed by atoms with Gasteiger partial charge in [-0.15, -0.1) is 0 Å². The van der Waals surface area contributed by atoms with E-state index in [0.29, 0.717) is 5.69 Å². The summed E-state index contributed by atoms with van der Waals surface area (Å²) in [5, 5.41) is 1.51. The summed E-state index contributed by atoms with van der Waals surface area (Å²) in [6.45, 7) is 0. The monoisotopic (exact) mass is 192 g/mol. The van der Waals surface area contributed by atoms with Gasteiger partial charge in [0.1, 0.15) is 6.26 Å². The van der Waals surface area contributed by atoms with Crippen LogP contribution in [0.5, 0.6) is 0 Å². The topological polar surface area (TPSA) is 80.5 Å². The van der Waals surface area contributed by atoms with Crippen molar-refractivity contribution in [1.82, 2.24) is 10.6 Å². The third-order valence-electron chi connectivity index (χ3n) is 1.71. The summed E-state index contributed by atoms with van der Waals surface area (Å²) in [5.74, 6) is -0.581. The molecule has 0 aromatic carbocycles. The number of hydrazine groups is 1. The smallest absolute Gasteiger partial charge is 0.269 e. The van der Waals surface area contributed by atoms with E-state index in [1.165, 1.54) is 17.5 Å². The Balaban J connectivity index is 2.40. The maximum Gasteiger partial charge on any atom is 0.269 e. The highest BCUT2D eigenvalue weighted by Gasteiger charge is 2.16. The van der Waals surface area contributed by atoms with E-state index < -0.39 is 5.91 Å². The molecule has 1 amide bonds. The van der Waals surface area contributed by atoms with Gasteiger partial charge in [-0.3, -0.25) is 4.79 Å². The predicted octanol–water partition coefficient (Wildman–Crippen LogP) is -0.0921. The summed E-state index contributed by atoms with van der Waals surface area (Å²) in [6.07, 6.45) is 4.56. The number of primary amides is 1. The lowest BCUT2D eigenvalue weighted by atomic mass is 10.3. The number of anilines is 1. The molecule has 0 spiro atoms. The lowest BCUT2D eigenvalue weighted by molar-refractivity contribution is 0.0995. The van der Waals surface area contributed by atoms with Crippen LogP contribution >= 0.6 is 0 Å². The molecule has 1 aromatic heterocycles. The Morgan fingerprint density at radius 3 is 3.14 bits per heavy atom. The lowest BCUT2D eigenvalue weighted by Gasteiger charge is -2.15. The number of nitrogens with one attached hydrogen (secondary N) is 1. The first-order valence-electron chi connectivity index (χ1n) is 3.91. The van der Waals surface area contributed by atoms with Gasteiger partial charge in [-0.05, 0) is 12.1 Å². The second-order valence-electron chi connectivity index (χ2n) is 2.60. The van der Waals surface area contributed by atoms with Gasteiger partial charge >= 0.3 is 0 Å². The predicted molar refractivity (Wildman–Crippen MR) is 48.6 cm³/mol. The molecule has 2 heterocycles. The standard InChI is InChI=1S/C8H8N4O2/c9-8(13)7-6(2-1-3-10-7)12-4-5-14-11-12/h1-5,11H,(H2,9,13). The molecule has 1 aliphatic rings. The largest absolute Gasteiger partial charge is 0.395 e. The number of hydrogen-bond acceptors (Lipinski definition) is 5. The van der Waals surface area contributed by atoms with Crippen LogP contribution in [0.25, 0.3) is 0 Å². The zero-order valence-corrected chi connectivity index (χ0v) is 7.18. The average molecular weight is 192 g/mol. The van der Waals surface area contributed by atoms with Crippen LogP contribution < -0.4 is 16.3 Å². The number of aromatic nitrogens is 1. The van der Waals surface area contributed by atoms with E-state index in [9.17, 15) is 4.79 Å². The number of rotatable bonds is 2. The molecule has 0 bridgehead atoms. The Bertz CT molecular complexity index is 391. The fourth-order valence-electron chi connectivity index (χ4n) is 1.12. The highest BCUT2D eigenvalue weighted by Crippen LogP contribution is 2.17. The molecule has 1 aromatic rings. The molecule has 0 radical (unpaired) electrons. The van der Waals surface area contributed by atoms with E-state index in [0.717, 1.165) is 0 Å². The van der Waals surface area contributed by atoms with E-state index in [1.54, 1.807) is 18.3 Å². The van der Waals surface area contributed by atoms with Crippen molar-refractivity contribution in [2.75, 3.05) is 5.01 Å². The average Bonchev–Trinajstić information content (AvgIpc) is 2.70. The van der Waals surface area contributed by atoms with Gasteiger partial charge in [-0.1, -0.05) is 5.59 Å². The molecule has 0 atom stereocenters. The van der Waals surface area contributed by atoms with Crippen molar-refractivity contribution in [3.05, 3.63) is 36.5 Å². The van der Waals surface area contributed by atoms with Crippen molar-refractivity contribution in [1.29, 1.82) is 0 Å². The SMILES string of the molecule is NC(=O)c1ncccc1N1C=CON1. The third-order valence-corrected chi connectivity index (χ3v) is 1.71. The van der Waals surface area contributed by atoms with Crippen LogP contribution in [0.3, 0.4) is 0 Å². The highest BCUT2D eigenvalue weighted by molar-refractivity contribution is 5.96. The van der Waals surface area contributed by atoms with Gasteiger partial charge in [0.05, 0.1) is 11.9 Å². The lowest BCUT2D eigenvalue weighted by Crippen LogP contribution is -2.30. The second kappa shape index (κ2) is 3.35. The molecule has 14 heavy (non-hydrogen) atoms. The summed E-state index contributed by atoms with van der Waals surface area (Å²) in [7, 11) is 0. The molecule has 0 fully saturated rings. The quantitative estimate of drug-likeness (QED) is 0.684. The van der Waals surface area contributed by atoms with Crippen LogP contribution in [0.15, 0.2) is 30.8 Å². The van der Waals surface area contributed by atoms with Gasteiger partial charge in [-0.2, -0.15) is 0 Å². The zero-order chi connectivity index (χ0) is 9.97. The minimum atomic E-state index is -0.581. The van der Waals surface area contributed by atoms with Crippen molar-refractivity contribution in [3.8, 4) is 0 Å². The van der Waals surface area contributed by atoms with Crippen LogP contribution in [-0.4, -0.2) is 10.9 Å². The highest BCUT2D eigenvalue weighted by atomic mass is 16.7. The molecule has 2 rings (SSSR count). The number of pyridine rings is 1. The molecule has 6 nitrogen and oxygen atoms in total. The number of nitrogens with zero attached hydrogens (tertiary/aromatic N) is 2. The fraction of sp³-hybridized carbons (Fsp3) is 0. The maximum absolute atomic E-state index is 11.0. The Kier molecular flexibility index (Phi) is 2.04. The van der Waals surface area contributed by atoms with Crippen LogP contribution in [0, 0.1) is 0 Å². The van der Waals surface area contributed by atoms with Crippen molar-refractivity contribution in [2.45, 2.75) is 0 Å². The van der Waals surface area contributed by atoms with E-state index in [4.69, 9.17) is 10.6 Å². The number of hydrogen-bond donors (Lipinski definition) is 2. The van der Waals surface area contributed by atoms with Gasteiger partial charge in [0.2, 0.25) is 0 Å². The Morgan fingerprint density at radius 1 is 1.64 bits per heavy atom. The Hall–Kier alpha value is -2.08. The van der Waals surface area contributed by atoms with Crippen LogP contribution in [-0.2, 0) is 4.84 Å². The van der Waals surface area contributed by atoms with Crippen molar-refractivity contribution < 1.29 is 9.63 Å². The number of carbonyl (C=O) groups excluding carboxylic acids is 1. The van der Waals surface area contributed by atoms with Gasteiger partial charge in [-0.25, -0.2) is 9.99 Å². The summed E-state index contributed by atoms with van der Waals surface area (Å²) in [6, 6.07) is 3.41. The van der Waals surface area contributed by atoms with E-state index in [1.807, 2.05) is 0 Å². The summed E-state index contributed by atoms with van der Waals surface area (Å²) >= 11 is 0. The first kappa shape index (κ1) is 8.52. The number of nitrogens with two attached hydrogens (primary N) is 1. The first-order valence-corrected chi connectivity index (χ1v) is 3.91. The third kappa shape index (κ3) is 1.38. The van der Waals surface area contributed by atoms with Crippen molar-refractivity contribution >= 4 is 11.6 Å². The molecule has 72 valence electrons. The Labute approximate surface area is 79.9 Å². The minimum Gasteiger partial charge on any atom is -0.395 e. The van der Waals surface area contributed by atoms with Crippen LogP contribution in [0.1, 0.15) is 10.5 Å². The normalized spacial score (nSPS) is 14.1. The van der Waals surface area contributed by atoms with E-state index in [-0.39, 0.29) is 5.69 Å². The molecule has 3 N–H and O–H groups in total. The molecule has 0 unspecified atom stereocenters. The molecular weight excluding hydrogens is 184 g/mol. The zero-order valence-electron chi connectivity index (χ0n) is 7.18. The van der Waals surface area contributed by atoms with Gasteiger partial charge in [0, 0.05) is 6.20 Å².